The number of methoxy groups -OCH3 is 1. The molecular weight excluding hydrogens is 248 g/mol. The molecule has 3 nitrogen and oxygen atoms in total. The number of benzene rings is 1. The monoisotopic (exact) mass is 268 g/mol. The number of thioether (sulfide) groups is 1. The van der Waals surface area contributed by atoms with Gasteiger partial charge in [-0.2, -0.15) is 11.8 Å². The zero-order chi connectivity index (χ0) is 12.8. The highest BCUT2D eigenvalue weighted by atomic mass is 32.2. The Balaban J connectivity index is 2.06. The fourth-order valence-electron chi connectivity index (χ4n) is 2.07. The van der Waals surface area contributed by atoms with Gasteiger partial charge in [-0.05, 0) is 48.5 Å². The van der Waals surface area contributed by atoms with Crippen LogP contribution >= 0.6 is 11.8 Å². The number of hydrogen-bond acceptors (Lipinski definition) is 4. The van der Waals surface area contributed by atoms with Gasteiger partial charge in [-0.3, -0.25) is 0 Å². The van der Waals surface area contributed by atoms with E-state index in [1.165, 1.54) is 11.5 Å². The number of aliphatic hydroxyl groups excluding tert-OH is 1. The second-order valence-electron chi connectivity index (χ2n) is 4.39. The highest BCUT2D eigenvalue weighted by molar-refractivity contribution is 7.99. The van der Waals surface area contributed by atoms with Crippen LogP contribution in [0.5, 0.6) is 11.5 Å². The Morgan fingerprint density at radius 2 is 2.06 bits per heavy atom. The molecule has 0 aromatic heterocycles. The van der Waals surface area contributed by atoms with Gasteiger partial charge in [0, 0.05) is 6.61 Å². The molecule has 0 saturated carbocycles. The van der Waals surface area contributed by atoms with Gasteiger partial charge in [0.15, 0.2) is 11.5 Å². The highest BCUT2D eigenvalue weighted by Gasteiger charge is 2.17. The molecule has 0 atom stereocenters. The van der Waals surface area contributed by atoms with E-state index in [-0.39, 0.29) is 6.61 Å². The average molecular weight is 268 g/mol. The molecular formula is C14H20O3S. The first-order valence-corrected chi connectivity index (χ1v) is 7.51. The molecule has 1 heterocycles. The molecule has 1 aliphatic rings. The molecule has 0 amide bonds. The second-order valence-corrected chi connectivity index (χ2v) is 5.61. The van der Waals surface area contributed by atoms with Crippen molar-refractivity contribution < 1.29 is 14.6 Å². The summed E-state index contributed by atoms with van der Waals surface area (Å²) in [6, 6.07) is 5.89. The topological polar surface area (TPSA) is 38.7 Å². The largest absolute Gasteiger partial charge is 0.493 e. The summed E-state index contributed by atoms with van der Waals surface area (Å²) in [5, 5.41) is 8.94. The van der Waals surface area contributed by atoms with Gasteiger partial charge in [0.25, 0.3) is 0 Å². The van der Waals surface area contributed by atoms with Crippen molar-refractivity contribution in [3.05, 3.63) is 23.8 Å². The summed E-state index contributed by atoms with van der Waals surface area (Å²) < 4.78 is 11.4. The van der Waals surface area contributed by atoms with Crippen LogP contribution in [0, 0.1) is 0 Å². The molecule has 4 heteroatoms. The minimum absolute atomic E-state index is 0.156. The van der Waals surface area contributed by atoms with Gasteiger partial charge in [0.2, 0.25) is 0 Å². The first kappa shape index (κ1) is 13.6. The SMILES string of the molecule is COc1cc(CCO)ccc1OC1CCSCC1. The van der Waals surface area contributed by atoms with Crippen LogP contribution in [-0.4, -0.2) is 36.4 Å². The van der Waals surface area contributed by atoms with Crippen LogP contribution in [0.4, 0.5) is 0 Å². The van der Waals surface area contributed by atoms with Crippen molar-refractivity contribution in [1.82, 2.24) is 0 Å². The molecule has 1 aromatic carbocycles. The van der Waals surface area contributed by atoms with Crippen LogP contribution in [0.15, 0.2) is 18.2 Å². The van der Waals surface area contributed by atoms with Crippen LogP contribution < -0.4 is 9.47 Å². The van der Waals surface area contributed by atoms with Gasteiger partial charge in [-0.15, -0.1) is 0 Å². The van der Waals surface area contributed by atoms with Crippen molar-refractivity contribution in [3.63, 3.8) is 0 Å². The van der Waals surface area contributed by atoms with Crippen LogP contribution in [0.1, 0.15) is 18.4 Å². The fourth-order valence-corrected chi connectivity index (χ4v) is 3.13. The van der Waals surface area contributed by atoms with Gasteiger partial charge in [0.1, 0.15) is 6.10 Å². The van der Waals surface area contributed by atoms with Gasteiger partial charge >= 0.3 is 0 Å². The molecule has 1 N–H and O–H groups in total. The summed E-state index contributed by atoms with van der Waals surface area (Å²) in [5.41, 5.74) is 1.07. The Morgan fingerprint density at radius 1 is 1.28 bits per heavy atom. The smallest absolute Gasteiger partial charge is 0.161 e. The van der Waals surface area contributed by atoms with Crippen molar-refractivity contribution in [3.8, 4) is 11.5 Å². The Labute approximate surface area is 112 Å². The third-order valence-corrected chi connectivity index (χ3v) is 4.14. The highest BCUT2D eigenvalue weighted by Crippen LogP contribution is 2.31. The average Bonchev–Trinajstić information content (AvgIpc) is 2.42. The minimum Gasteiger partial charge on any atom is -0.493 e. The Hall–Kier alpha value is -0.870. The normalized spacial score (nSPS) is 16.6. The van der Waals surface area contributed by atoms with Crippen LogP contribution in [0.3, 0.4) is 0 Å². The molecule has 100 valence electrons. The quantitative estimate of drug-likeness (QED) is 0.890. The molecule has 1 aromatic rings. The zero-order valence-electron chi connectivity index (χ0n) is 10.7. The van der Waals surface area contributed by atoms with E-state index in [1.54, 1.807) is 7.11 Å². The lowest BCUT2D eigenvalue weighted by Crippen LogP contribution is -2.22. The van der Waals surface area contributed by atoms with E-state index in [4.69, 9.17) is 14.6 Å². The molecule has 1 aliphatic heterocycles. The van der Waals surface area contributed by atoms with E-state index in [2.05, 4.69) is 0 Å². The second kappa shape index (κ2) is 6.90. The number of rotatable bonds is 5. The van der Waals surface area contributed by atoms with E-state index >= 15 is 0 Å². The van der Waals surface area contributed by atoms with E-state index in [0.29, 0.717) is 12.5 Å². The Bertz CT molecular complexity index is 375. The molecule has 0 aliphatic carbocycles. The predicted octanol–water partition coefficient (Wildman–Crippen LogP) is 2.50. The maximum Gasteiger partial charge on any atom is 0.161 e. The summed E-state index contributed by atoms with van der Waals surface area (Å²) in [4.78, 5) is 0. The van der Waals surface area contributed by atoms with Crippen LogP contribution in [0.25, 0.3) is 0 Å². The van der Waals surface area contributed by atoms with Gasteiger partial charge in [-0.25, -0.2) is 0 Å². The Morgan fingerprint density at radius 3 is 2.72 bits per heavy atom. The lowest BCUT2D eigenvalue weighted by Gasteiger charge is -2.23. The molecule has 18 heavy (non-hydrogen) atoms. The van der Waals surface area contributed by atoms with E-state index in [1.807, 2.05) is 30.0 Å². The number of ether oxygens (including phenoxy) is 2. The summed E-state index contributed by atoms with van der Waals surface area (Å²) >= 11 is 1.99. The maximum atomic E-state index is 8.94. The summed E-state index contributed by atoms with van der Waals surface area (Å²) in [6.07, 6.45) is 3.17. The molecule has 0 spiro atoms. The lowest BCUT2D eigenvalue weighted by molar-refractivity contribution is 0.184. The molecule has 1 saturated heterocycles. The summed E-state index contributed by atoms with van der Waals surface area (Å²) in [6.45, 7) is 0.156. The molecule has 0 radical (unpaired) electrons. The summed E-state index contributed by atoms with van der Waals surface area (Å²) in [5.74, 6) is 3.93. The first-order chi connectivity index (χ1) is 8.83. The number of hydrogen-bond donors (Lipinski definition) is 1. The predicted molar refractivity (Wildman–Crippen MR) is 74.8 cm³/mol. The van der Waals surface area contributed by atoms with Gasteiger partial charge in [0.05, 0.1) is 7.11 Å². The van der Waals surface area contributed by atoms with Crippen molar-refractivity contribution in [2.24, 2.45) is 0 Å². The lowest BCUT2D eigenvalue weighted by atomic mass is 10.1. The summed E-state index contributed by atoms with van der Waals surface area (Å²) in [7, 11) is 1.65. The zero-order valence-corrected chi connectivity index (χ0v) is 11.5. The van der Waals surface area contributed by atoms with Crippen molar-refractivity contribution in [2.75, 3.05) is 25.2 Å². The van der Waals surface area contributed by atoms with Crippen LogP contribution in [-0.2, 0) is 6.42 Å². The van der Waals surface area contributed by atoms with E-state index in [0.717, 1.165) is 29.9 Å². The van der Waals surface area contributed by atoms with Crippen molar-refractivity contribution in [1.29, 1.82) is 0 Å². The van der Waals surface area contributed by atoms with Gasteiger partial charge < -0.3 is 14.6 Å². The maximum absolute atomic E-state index is 8.94. The van der Waals surface area contributed by atoms with Crippen molar-refractivity contribution >= 4 is 11.8 Å². The van der Waals surface area contributed by atoms with E-state index in [9.17, 15) is 0 Å². The minimum atomic E-state index is 0.156. The van der Waals surface area contributed by atoms with Crippen LogP contribution in [0.2, 0.25) is 0 Å². The Kier molecular flexibility index (Phi) is 5.20. The third kappa shape index (κ3) is 3.56. The molecule has 0 bridgehead atoms. The molecule has 2 rings (SSSR count). The molecule has 0 unspecified atom stereocenters. The third-order valence-electron chi connectivity index (χ3n) is 3.09. The standard InChI is InChI=1S/C14H20O3S/c1-16-14-10-11(4-7-15)2-3-13(14)17-12-5-8-18-9-6-12/h2-3,10,12,15H,4-9H2,1H3. The molecule has 1 fully saturated rings. The van der Waals surface area contributed by atoms with Crippen molar-refractivity contribution in [2.45, 2.75) is 25.4 Å². The van der Waals surface area contributed by atoms with E-state index < -0.39 is 0 Å². The number of aliphatic hydroxyl groups is 1. The fraction of sp³-hybridized carbons (Fsp3) is 0.571. The first-order valence-electron chi connectivity index (χ1n) is 6.35. The van der Waals surface area contributed by atoms with Gasteiger partial charge in [-0.1, -0.05) is 6.07 Å².